The Morgan fingerprint density at radius 1 is 1.22 bits per heavy atom. The van der Waals surface area contributed by atoms with Crippen LogP contribution in [0.4, 0.5) is 0 Å². The Morgan fingerprint density at radius 3 is 2.52 bits per heavy atom. The third-order valence-corrected chi connectivity index (χ3v) is 8.36. The van der Waals surface area contributed by atoms with Crippen molar-refractivity contribution in [1.82, 2.24) is 9.29 Å². The van der Waals surface area contributed by atoms with Gasteiger partial charge in [0.1, 0.15) is 5.01 Å². The van der Waals surface area contributed by atoms with Gasteiger partial charge in [0.2, 0.25) is 10.0 Å². The first-order valence-corrected chi connectivity index (χ1v) is 11.1. The number of piperidine rings is 1. The molecule has 1 aliphatic rings. The quantitative estimate of drug-likeness (QED) is 0.797. The number of thiophene rings is 1. The number of hydrogen-bond acceptors (Lipinski definition) is 5. The van der Waals surface area contributed by atoms with Crippen LogP contribution in [-0.4, -0.2) is 30.8 Å². The molecule has 1 saturated heterocycles. The summed E-state index contributed by atoms with van der Waals surface area (Å²) in [7, 11) is -3.37. The molecule has 4 nitrogen and oxygen atoms in total. The number of hydrogen-bond donors (Lipinski definition) is 0. The number of nitrogens with zero attached hydrogens (tertiary/aromatic N) is 2. The van der Waals surface area contributed by atoms with E-state index in [1.165, 1.54) is 11.3 Å². The molecule has 0 aromatic carbocycles. The summed E-state index contributed by atoms with van der Waals surface area (Å²) in [6.45, 7) is 7.40. The SMILES string of the molecule is Cc1sc(-c2nc(C(C)C)cs2)cc1S(=O)(=O)N1CCCCC1. The first kappa shape index (κ1) is 17.1. The molecule has 0 atom stereocenters. The van der Waals surface area contributed by atoms with Crippen LogP contribution in [0.1, 0.15) is 49.6 Å². The summed E-state index contributed by atoms with van der Waals surface area (Å²) in [4.78, 5) is 6.92. The highest BCUT2D eigenvalue weighted by molar-refractivity contribution is 7.89. The van der Waals surface area contributed by atoms with Crippen LogP contribution in [0.3, 0.4) is 0 Å². The van der Waals surface area contributed by atoms with E-state index in [1.807, 2.05) is 13.0 Å². The summed E-state index contributed by atoms with van der Waals surface area (Å²) in [6.07, 6.45) is 3.04. The molecule has 2 aromatic heterocycles. The standard InChI is InChI=1S/C16H22N2O2S3/c1-11(2)13-10-21-16(17-13)14-9-15(12(3)22-14)23(19,20)18-7-5-4-6-8-18/h9-11H,4-8H2,1-3H3. The van der Waals surface area contributed by atoms with Gasteiger partial charge in [-0.05, 0) is 31.7 Å². The van der Waals surface area contributed by atoms with Crippen LogP contribution in [0.2, 0.25) is 0 Å². The minimum absolute atomic E-state index is 0.387. The number of thiazole rings is 1. The molecule has 1 aliphatic heterocycles. The van der Waals surface area contributed by atoms with Crippen molar-refractivity contribution in [1.29, 1.82) is 0 Å². The van der Waals surface area contributed by atoms with Crippen molar-refractivity contribution in [3.8, 4) is 9.88 Å². The molecule has 126 valence electrons. The third kappa shape index (κ3) is 3.38. The molecular weight excluding hydrogens is 348 g/mol. The molecule has 3 heterocycles. The average Bonchev–Trinajstić information content (AvgIpc) is 3.15. The van der Waals surface area contributed by atoms with Crippen LogP contribution in [0, 0.1) is 6.92 Å². The minimum Gasteiger partial charge on any atom is -0.240 e. The van der Waals surface area contributed by atoms with Gasteiger partial charge in [0.15, 0.2) is 0 Å². The van der Waals surface area contributed by atoms with Gasteiger partial charge in [-0.25, -0.2) is 13.4 Å². The molecule has 1 fully saturated rings. The zero-order valence-electron chi connectivity index (χ0n) is 13.7. The van der Waals surface area contributed by atoms with Gasteiger partial charge < -0.3 is 0 Å². The van der Waals surface area contributed by atoms with E-state index in [1.54, 1.807) is 15.6 Å². The Hall–Kier alpha value is -0.760. The predicted octanol–water partition coefficient (Wildman–Crippen LogP) is 4.48. The van der Waals surface area contributed by atoms with Crippen molar-refractivity contribution >= 4 is 32.7 Å². The number of rotatable bonds is 4. The lowest BCUT2D eigenvalue weighted by Gasteiger charge is -2.25. The molecule has 2 aromatic rings. The Kier molecular flexibility index (Phi) is 4.92. The second-order valence-corrected chi connectivity index (χ2v) is 10.2. The number of aromatic nitrogens is 1. The lowest BCUT2D eigenvalue weighted by Crippen LogP contribution is -2.35. The highest BCUT2D eigenvalue weighted by atomic mass is 32.2. The maximum Gasteiger partial charge on any atom is 0.244 e. The molecule has 0 unspecified atom stereocenters. The molecular formula is C16H22N2O2S3. The van der Waals surface area contributed by atoms with Gasteiger partial charge in [-0.1, -0.05) is 20.3 Å². The molecule has 0 aliphatic carbocycles. The molecule has 0 amide bonds. The van der Waals surface area contributed by atoms with E-state index < -0.39 is 10.0 Å². The van der Waals surface area contributed by atoms with E-state index in [0.29, 0.717) is 23.9 Å². The zero-order chi connectivity index (χ0) is 16.6. The maximum atomic E-state index is 12.9. The summed E-state index contributed by atoms with van der Waals surface area (Å²) in [6, 6.07) is 1.81. The minimum atomic E-state index is -3.37. The molecule has 3 rings (SSSR count). The molecule has 0 bridgehead atoms. The molecule has 0 radical (unpaired) electrons. The van der Waals surface area contributed by atoms with Gasteiger partial charge in [0.05, 0.1) is 15.5 Å². The van der Waals surface area contributed by atoms with Crippen LogP contribution < -0.4 is 0 Å². The summed E-state index contributed by atoms with van der Waals surface area (Å²) in [5.74, 6) is 0.387. The molecule has 0 saturated carbocycles. The summed E-state index contributed by atoms with van der Waals surface area (Å²) in [5.41, 5.74) is 1.07. The van der Waals surface area contributed by atoms with E-state index in [9.17, 15) is 8.42 Å². The van der Waals surface area contributed by atoms with Gasteiger partial charge >= 0.3 is 0 Å². The van der Waals surface area contributed by atoms with Crippen molar-refractivity contribution in [2.24, 2.45) is 0 Å². The number of sulfonamides is 1. The Labute approximate surface area is 146 Å². The van der Waals surface area contributed by atoms with Crippen molar-refractivity contribution in [3.05, 3.63) is 22.0 Å². The lowest BCUT2D eigenvalue weighted by molar-refractivity contribution is 0.346. The first-order valence-electron chi connectivity index (χ1n) is 7.96. The summed E-state index contributed by atoms with van der Waals surface area (Å²) in [5, 5.41) is 2.98. The van der Waals surface area contributed by atoms with Gasteiger partial charge in [-0.15, -0.1) is 22.7 Å². The van der Waals surface area contributed by atoms with Crippen molar-refractivity contribution in [2.45, 2.75) is 50.8 Å². The van der Waals surface area contributed by atoms with Crippen LogP contribution in [0.5, 0.6) is 0 Å². The Morgan fingerprint density at radius 2 is 1.91 bits per heavy atom. The second kappa shape index (κ2) is 6.63. The van der Waals surface area contributed by atoms with Crippen molar-refractivity contribution < 1.29 is 8.42 Å². The van der Waals surface area contributed by atoms with Gasteiger partial charge in [0, 0.05) is 23.3 Å². The summed E-state index contributed by atoms with van der Waals surface area (Å²) >= 11 is 3.12. The van der Waals surface area contributed by atoms with Crippen LogP contribution in [-0.2, 0) is 10.0 Å². The number of aryl methyl sites for hydroxylation is 1. The average molecular weight is 371 g/mol. The zero-order valence-corrected chi connectivity index (χ0v) is 16.2. The Balaban J connectivity index is 1.93. The third-order valence-electron chi connectivity index (χ3n) is 4.13. The molecule has 0 spiro atoms. The smallest absolute Gasteiger partial charge is 0.240 e. The van der Waals surface area contributed by atoms with Crippen molar-refractivity contribution in [2.75, 3.05) is 13.1 Å². The highest BCUT2D eigenvalue weighted by Crippen LogP contribution is 2.37. The van der Waals surface area contributed by atoms with E-state index in [4.69, 9.17) is 0 Å². The van der Waals surface area contributed by atoms with Crippen LogP contribution >= 0.6 is 22.7 Å². The second-order valence-electron chi connectivity index (χ2n) is 6.23. The van der Waals surface area contributed by atoms with Gasteiger partial charge in [0.25, 0.3) is 0 Å². The fraction of sp³-hybridized carbons (Fsp3) is 0.562. The fourth-order valence-corrected chi connectivity index (χ4v) is 6.86. The first-order chi connectivity index (χ1) is 10.9. The molecule has 0 N–H and O–H groups in total. The van der Waals surface area contributed by atoms with Gasteiger partial charge in [-0.3, -0.25) is 0 Å². The normalized spacial score (nSPS) is 17.0. The topological polar surface area (TPSA) is 50.3 Å². The van der Waals surface area contributed by atoms with E-state index >= 15 is 0 Å². The summed E-state index contributed by atoms with van der Waals surface area (Å²) < 4.78 is 27.4. The van der Waals surface area contributed by atoms with Crippen LogP contribution in [0.15, 0.2) is 16.3 Å². The largest absolute Gasteiger partial charge is 0.244 e. The fourth-order valence-electron chi connectivity index (χ4n) is 2.74. The van der Waals surface area contributed by atoms with Crippen LogP contribution in [0.25, 0.3) is 9.88 Å². The van der Waals surface area contributed by atoms with E-state index in [2.05, 4.69) is 24.2 Å². The van der Waals surface area contributed by atoms with Crippen molar-refractivity contribution in [3.63, 3.8) is 0 Å². The molecule has 7 heteroatoms. The monoisotopic (exact) mass is 370 g/mol. The van der Waals surface area contributed by atoms with E-state index in [-0.39, 0.29) is 0 Å². The lowest BCUT2D eigenvalue weighted by atomic mass is 10.2. The van der Waals surface area contributed by atoms with Gasteiger partial charge in [-0.2, -0.15) is 4.31 Å². The Bertz CT molecular complexity index is 784. The maximum absolute atomic E-state index is 12.9. The molecule has 23 heavy (non-hydrogen) atoms. The highest BCUT2D eigenvalue weighted by Gasteiger charge is 2.29. The van der Waals surface area contributed by atoms with E-state index in [0.717, 1.165) is 39.7 Å². The predicted molar refractivity (Wildman–Crippen MR) is 96.9 cm³/mol.